The van der Waals surface area contributed by atoms with Crippen molar-refractivity contribution in [3.63, 3.8) is 0 Å². The molecule has 0 heterocycles. The third kappa shape index (κ3) is 4.70. The molecule has 1 aromatic carbocycles. The number of anilines is 1. The topological polar surface area (TPSA) is 53.7 Å². The van der Waals surface area contributed by atoms with E-state index in [2.05, 4.69) is 0 Å². The highest BCUT2D eigenvalue weighted by Gasteiger charge is 1.99. The molecule has 0 aliphatic carbocycles. The van der Waals surface area contributed by atoms with Crippen molar-refractivity contribution >= 4 is 17.3 Å². The lowest BCUT2D eigenvalue weighted by atomic mass is 10.3. The largest absolute Gasteiger partial charge is 0.491 e. The Morgan fingerprint density at radius 1 is 1.19 bits per heavy atom. The maximum absolute atomic E-state index is 5.84. The van der Waals surface area contributed by atoms with Crippen LogP contribution in [0.15, 0.2) is 18.2 Å². The smallest absolute Gasteiger partial charge is 0.121 e. The van der Waals surface area contributed by atoms with Crippen LogP contribution in [0.5, 0.6) is 5.75 Å². The fourth-order valence-electron chi connectivity index (χ4n) is 1.06. The molecule has 0 saturated heterocycles. The fraction of sp³-hybridized carbons (Fsp3) is 0.455. The van der Waals surface area contributed by atoms with E-state index in [4.69, 9.17) is 31.5 Å². The summed E-state index contributed by atoms with van der Waals surface area (Å²) in [6, 6.07) is 5.17. The van der Waals surface area contributed by atoms with E-state index in [1.165, 1.54) is 0 Å². The average Bonchev–Trinajstić information content (AvgIpc) is 2.28. The molecule has 0 amide bonds. The Hall–Kier alpha value is -0.970. The van der Waals surface area contributed by atoms with Crippen LogP contribution in [0.25, 0.3) is 0 Å². The summed E-state index contributed by atoms with van der Waals surface area (Å²) in [5, 5.41) is 0.498. The van der Waals surface area contributed by atoms with Gasteiger partial charge in [-0.05, 0) is 12.1 Å². The first-order valence-electron chi connectivity index (χ1n) is 4.98. The van der Waals surface area contributed by atoms with E-state index in [0.717, 1.165) is 0 Å². The number of hydrogen-bond donors (Lipinski definition) is 1. The van der Waals surface area contributed by atoms with Crippen molar-refractivity contribution in [2.24, 2.45) is 0 Å². The molecule has 0 saturated carbocycles. The van der Waals surface area contributed by atoms with Gasteiger partial charge in [0, 0.05) is 13.2 Å². The Morgan fingerprint density at radius 3 is 2.62 bits per heavy atom. The van der Waals surface area contributed by atoms with Gasteiger partial charge in [-0.3, -0.25) is 0 Å². The molecule has 4 nitrogen and oxygen atoms in total. The molecule has 0 radical (unpaired) electrons. The summed E-state index contributed by atoms with van der Waals surface area (Å²) in [7, 11) is 1.64. The van der Waals surface area contributed by atoms with Gasteiger partial charge in [0.05, 0.1) is 30.5 Å². The first-order chi connectivity index (χ1) is 7.74. The first kappa shape index (κ1) is 13.1. The van der Waals surface area contributed by atoms with E-state index >= 15 is 0 Å². The molecule has 1 aromatic rings. The molecule has 0 bridgehead atoms. The summed E-state index contributed by atoms with van der Waals surface area (Å²) in [5.41, 5.74) is 6.12. The predicted molar refractivity (Wildman–Crippen MR) is 64.1 cm³/mol. The van der Waals surface area contributed by atoms with E-state index < -0.39 is 0 Å². The molecular weight excluding hydrogens is 230 g/mol. The molecule has 0 aromatic heterocycles. The van der Waals surface area contributed by atoms with Gasteiger partial charge in [0.15, 0.2) is 0 Å². The Kier molecular flexibility index (Phi) is 6.00. The summed E-state index contributed by atoms with van der Waals surface area (Å²) in [6.07, 6.45) is 0. The van der Waals surface area contributed by atoms with Gasteiger partial charge in [-0.2, -0.15) is 0 Å². The zero-order valence-electron chi connectivity index (χ0n) is 9.24. The number of nitrogens with two attached hydrogens (primary N) is 1. The van der Waals surface area contributed by atoms with Crippen molar-refractivity contribution in [3.8, 4) is 5.75 Å². The van der Waals surface area contributed by atoms with Crippen LogP contribution < -0.4 is 10.5 Å². The van der Waals surface area contributed by atoms with Gasteiger partial charge < -0.3 is 19.9 Å². The lowest BCUT2D eigenvalue weighted by Crippen LogP contribution is -2.10. The molecule has 0 aliphatic heterocycles. The first-order valence-corrected chi connectivity index (χ1v) is 5.36. The normalized spacial score (nSPS) is 10.4. The number of rotatable bonds is 7. The Labute approximate surface area is 100 Å². The Morgan fingerprint density at radius 2 is 1.94 bits per heavy atom. The molecule has 2 N–H and O–H groups in total. The molecule has 0 atom stereocenters. The molecule has 90 valence electrons. The van der Waals surface area contributed by atoms with Crippen molar-refractivity contribution in [2.45, 2.75) is 0 Å². The van der Waals surface area contributed by atoms with Crippen molar-refractivity contribution in [1.29, 1.82) is 0 Å². The Balaban J connectivity index is 2.19. The summed E-state index contributed by atoms with van der Waals surface area (Å²) in [4.78, 5) is 0. The highest BCUT2D eigenvalue weighted by molar-refractivity contribution is 6.33. The number of benzene rings is 1. The fourth-order valence-corrected chi connectivity index (χ4v) is 1.23. The van der Waals surface area contributed by atoms with E-state index in [1.807, 2.05) is 0 Å². The summed E-state index contributed by atoms with van der Waals surface area (Å²) in [6.45, 7) is 2.16. The highest BCUT2D eigenvalue weighted by Crippen LogP contribution is 2.23. The molecule has 16 heavy (non-hydrogen) atoms. The van der Waals surface area contributed by atoms with Crippen molar-refractivity contribution in [1.82, 2.24) is 0 Å². The third-order valence-electron chi connectivity index (χ3n) is 1.90. The number of methoxy groups -OCH3 is 1. The van der Waals surface area contributed by atoms with Crippen LogP contribution in [-0.4, -0.2) is 33.5 Å². The van der Waals surface area contributed by atoms with Crippen LogP contribution in [0.4, 0.5) is 5.69 Å². The number of ether oxygens (including phenoxy) is 3. The van der Waals surface area contributed by atoms with Gasteiger partial charge in [0.1, 0.15) is 12.4 Å². The van der Waals surface area contributed by atoms with Crippen molar-refractivity contribution in [3.05, 3.63) is 23.2 Å². The number of hydrogen-bond acceptors (Lipinski definition) is 4. The standard InChI is InChI=1S/C11H16ClNO3/c1-14-4-5-15-6-7-16-9-2-3-11(13)10(12)8-9/h2-3,8H,4-7,13H2,1H3. The number of nitrogen functional groups attached to an aromatic ring is 1. The average molecular weight is 246 g/mol. The minimum atomic E-state index is 0.476. The van der Waals surface area contributed by atoms with E-state index in [0.29, 0.717) is 42.9 Å². The van der Waals surface area contributed by atoms with Gasteiger partial charge in [-0.1, -0.05) is 11.6 Å². The van der Waals surface area contributed by atoms with Gasteiger partial charge >= 0.3 is 0 Å². The monoisotopic (exact) mass is 245 g/mol. The summed E-state index contributed by atoms with van der Waals surface area (Å²) < 4.78 is 15.5. The second-order valence-corrected chi connectivity index (χ2v) is 3.54. The molecule has 0 fully saturated rings. The SMILES string of the molecule is COCCOCCOc1ccc(N)c(Cl)c1. The maximum Gasteiger partial charge on any atom is 0.121 e. The van der Waals surface area contributed by atoms with Gasteiger partial charge in [-0.15, -0.1) is 0 Å². The van der Waals surface area contributed by atoms with Crippen molar-refractivity contribution < 1.29 is 14.2 Å². The van der Waals surface area contributed by atoms with E-state index in [9.17, 15) is 0 Å². The van der Waals surface area contributed by atoms with Crippen LogP contribution in [-0.2, 0) is 9.47 Å². The minimum Gasteiger partial charge on any atom is -0.491 e. The number of halogens is 1. The van der Waals surface area contributed by atoms with E-state index in [1.54, 1.807) is 25.3 Å². The second kappa shape index (κ2) is 7.33. The molecule has 0 spiro atoms. The van der Waals surface area contributed by atoms with Crippen LogP contribution >= 0.6 is 11.6 Å². The maximum atomic E-state index is 5.84. The van der Waals surface area contributed by atoms with E-state index in [-0.39, 0.29) is 0 Å². The summed E-state index contributed by atoms with van der Waals surface area (Å²) >= 11 is 5.84. The van der Waals surface area contributed by atoms with Gasteiger partial charge in [0.25, 0.3) is 0 Å². The zero-order chi connectivity index (χ0) is 11.8. The third-order valence-corrected chi connectivity index (χ3v) is 2.23. The van der Waals surface area contributed by atoms with Crippen molar-refractivity contribution in [2.75, 3.05) is 39.3 Å². The molecule has 1 rings (SSSR count). The Bertz CT molecular complexity index is 320. The second-order valence-electron chi connectivity index (χ2n) is 3.14. The van der Waals surface area contributed by atoms with Crippen LogP contribution in [0, 0.1) is 0 Å². The lowest BCUT2D eigenvalue weighted by Gasteiger charge is -2.07. The van der Waals surface area contributed by atoms with Crippen LogP contribution in [0.1, 0.15) is 0 Å². The highest BCUT2D eigenvalue weighted by atomic mass is 35.5. The molecular formula is C11H16ClNO3. The molecule has 0 unspecified atom stereocenters. The molecule has 0 aliphatic rings. The quantitative estimate of drug-likeness (QED) is 0.589. The molecule has 5 heteroatoms. The van der Waals surface area contributed by atoms with Crippen LogP contribution in [0.2, 0.25) is 5.02 Å². The minimum absolute atomic E-state index is 0.476. The summed E-state index contributed by atoms with van der Waals surface area (Å²) in [5.74, 6) is 0.689. The van der Waals surface area contributed by atoms with Gasteiger partial charge in [0.2, 0.25) is 0 Å². The zero-order valence-corrected chi connectivity index (χ0v) is 10.00. The van der Waals surface area contributed by atoms with Gasteiger partial charge in [-0.25, -0.2) is 0 Å². The predicted octanol–water partition coefficient (Wildman–Crippen LogP) is 1.96. The van der Waals surface area contributed by atoms with Crippen LogP contribution in [0.3, 0.4) is 0 Å². The lowest BCUT2D eigenvalue weighted by molar-refractivity contribution is 0.0544.